The summed E-state index contributed by atoms with van der Waals surface area (Å²) in [7, 11) is 0. The molecule has 5 heteroatoms. The number of fused-ring (bicyclic) bond motifs is 15. The molecule has 0 amide bonds. The Morgan fingerprint density at radius 3 is 1.40 bits per heavy atom. The fraction of sp³-hybridized carbons (Fsp3) is 0. The van der Waals surface area contributed by atoms with Crippen LogP contribution in [0, 0.1) is 0 Å². The van der Waals surface area contributed by atoms with Crippen molar-refractivity contribution in [3.63, 3.8) is 0 Å². The third kappa shape index (κ3) is 2.95. The first-order valence-electron chi connectivity index (χ1n) is 16.0. The zero-order valence-electron chi connectivity index (χ0n) is 25.0. The molecule has 12 aromatic rings. The van der Waals surface area contributed by atoms with Gasteiger partial charge in [-0.25, -0.2) is 14.4 Å². The van der Waals surface area contributed by atoms with Crippen LogP contribution in [0.2, 0.25) is 0 Å². The van der Waals surface area contributed by atoms with Crippen LogP contribution in [0.3, 0.4) is 0 Å². The lowest BCUT2D eigenvalue weighted by molar-refractivity contribution is 1.15. The predicted octanol–water partition coefficient (Wildman–Crippen LogP) is 10.4. The summed E-state index contributed by atoms with van der Waals surface area (Å²) in [5, 5.41) is 9.80. The summed E-state index contributed by atoms with van der Waals surface area (Å²) in [6.07, 6.45) is 0. The van der Waals surface area contributed by atoms with Crippen molar-refractivity contribution in [1.82, 2.24) is 23.2 Å². The Hall–Kier alpha value is -6.46. The van der Waals surface area contributed by atoms with Crippen LogP contribution in [0.1, 0.15) is 0 Å². The number of imidazole rings is 4. The maximum atomic E-state index is 5.30. The van der Waals surface area contributed by atoms with Gasteiger partial charge in [-0.05, 0) is 96.7 Å². The number of hydrogen-bond acceptors (Lipinski definition) is 2. The molecule has 0 aliphatic heterocycles. The molecular weight excluding hydrogens is 574 g/mol. The van der Waals surface area contributed by atoms with Crippen molar-refractivity contribution in [2.24, 2.45) is 0 Å². The van der Waals surface area contributed by atoms with Crippen LogP contribution in [-0.4, -0.2) is 23.2 Å². The summed E-state index contributed by atoms with van der Waals surface area (Å²) in [5.41, 5.74) is 9.94. The van der Waals surface area contributed by atoms with Crippen molar-refractivity contribution in [2.45, 2.75) is 0 Å². The van der Waals surface area contributed by atoms with Crippen molar-refractivity contribution in [3.05, 3.63) is 140 Å². The van der Waals surface area contributed by atoms with Gasteiger partial charge >= 0.3 is 0 Å². The highest BCUT2D eigenvalue weighted by molar-refractivity contribution is 6.16. The SMILES string of the molecule is c1ccc2cc3c(cc2c1)nc1n3c2cc(-c3cc4ccccc4c4ccccc34)cc3c2n1c1nc2cc4ccccc4cc2n31. The van der Waals surface area contributed by atoms with Gasteiger partial charge in [-0.3, -0.25) is 8.80 Å². The van der Waals surface area contributed by atoms with E-state index in [-0.39, 0.29) is 0 Å². The van der Waals surface area contributed by atoms with E-state index in [0.717, 1.165) is 50.2 Å². The fourth-order valence-electron chi connectivity index (χ4n) is 8.19. The lowest BCUT2D eigenvalue weighted by atomic mass is 9.93. The first-order chi connectivity index (χ1) is 23.3. The van der Waals surface area contributed by atoms with Gasteiger partial charge in [0, 0.05) is 0 Å². The molecular formula is C42H23N5. The number of benzene rings is 8. The third-order valence-electron chi connectivity index (χ3n) is 10.3. The molecule has 0 aliphatic carbocycles. The summed E-state index contributed by atoms with van der Waals surface area (Å²) in [6, 6.07) is 50.6. The summed E-state index contributed by atoms with van der Waals surface area (Å²) in [5.74, 6) is 1.76. The second-order valence-electron chi connectivity index (χ2n) is 12.8. The molecule has 0 bridgehead atoms. The molecule has 0 saturated heterocycles. The first-order valence-corrected chi connectivity index (χ1v) is 16.0. The molecule has 0 radical (unpaired) electrons. The van der Waals surface area contributed by atoms with Gasteiger partial charge in [0.15, 0.2) is 0 Å². The quantitative estimate of drug-likeness (QED) is 0.177. The molecule has 4 aromatic heterocycles. The lowest BCUT2D eigenvalue weighted by Crippen LogP contribution is -1.90. The highest BCUT2D eigenvalue weighted by atomic mass is 15.3. The van der Waals surface area contributed by atoms with E-state index in [1.165, 1.54) is 54.2 Å². The molecule has 0 spiro atoms. The Morgan fingerprint density at radius 2 is 0.830 bits per heavy atom. The molecule has 0 unspecified atom stereocenters. The van der Waals surface area contributed by atoms with Gasteiger partial charge in [0.1, 0.15) is 5.52 Å². The van der Waals surface area contributed by atoms with Crippen LogP contribution >= 0.6 is 0 Å². The van der Waals surface area contributed by atoms with Gasteiger partial charge in [0.05, 0.1) is 33.1 Å². The van der Waals surface area contributed by atoms with E-state index in [0.29, 0.717) is 0 Å². The van der Waals surface area contributed by atoms with Crippen LogP contribution in [0.15, 0.2) is 140 Å². The molecule has 5 nitrogen and oxygen atoms in total. The maximum absolute atomic E-state index is 5.30. The van der Waals surface area contributed by atoms with Crippen molar-refractivity contribution in [3.8, 4) is 11.1 Å². The smallest absolute Gasteiger partial charge is 0.223 e. The molecule has 0 saturated carbocycles. The van der Waals surface area contributed by atoms with Gasteiger partial charge in [0.2, 0.25) is 11.6 Å². The van der Waals surface area contributed by atoms with Gasteiger partial charge in [0.25, 0.3) is 0 Å². The minimum absolute atomic E-state index is 0.880. The average molecular weight is 598 g/mol. The summed E-state index contributed by atoms with van der Waals surface area (Å²) >= 11 is 0. The minimum atomic E-state index is 0.880. The minimum Gasteiger partial charge on any atom is -0.276 e. The van der Waals surface area contributed by atoms with Crippen LogP contribution in [0.4, 0.5) is 0 Å². The molecule has 8 aromatic carbocycles. The van der Waals surface area contributed by atoms with E-state index in [1.54, 1.807) is 0 Å². The Balaban J connectivity index is 1.32. The molecule has 4 heterocycles. The van der Waals surface area contributed by atoms with Crippen LogP contribution < -0.4 is 0 Å². The van der Waals surface area contributed by atoms with E-state index < -0.39 is 0 Å². The largest absolute Gasteiger partial charge is 0.276 e. The number of rotatable bonds is 1. The Bertz CT molecular complexity index is 3140. The zero-order chi connectivity index (χ0) is 30.4. The molecule has 47 heavy (non-hydrogen) atoms. The lowest BCUT2D eigenvalue weighted by Gasteiger charge is -2.12. The summed E-state index contributed by atoms with van der Waals surface area (Å²) in [6.45, 7) is 0. The highest BCUT2D eigenvalue weighted by Crippen LogP contribution is 2.41. The highest BCUT2D eigenvalue weighted by Gasteiger charge is 2.25. The van der Waals surface area contributed by atoms with E-state index in [2.05, 4.69) is 153 Å². The summed E-state index contributed by atoms with van der Waals surface area (Å²) < 4.78 is 6.95. The second kappa shape index (κ2) is 8.22. The molecule has 216 valence electrons. The molecule has 0 fully saturated rings. The zero-order valence-corrected chi connectivity index (χ0v) is 25.0. The van der Waals surface area contributed by atoms with Crippen molar-refractivity contribution < 1.29 is 0 Å². The van der Waals surface area contributed by atoms with Crippen molar-refractivity contribution in [2.75, 3.05) is 0 Å². The van der Waals surface area contributed by atoms with Gasteiger partial charge in [-0.1, -0.05) is 97.1 Å². The first kappa shape index (κ1) is 23.9. The molecule has 0 atom stereocenters. The Morgan fingerprint density at radius 1 is 0.362 bits per heavy atom. The number of aromatic nitrogens is 5. The van der Waals surface area contributed by atoms with Gasteiger partial charge in [-0.15, -0.1) is 0 Å². The number of hydrogen-bond donors (Lipinski definition) is 0. The molecule has 0 N–H and O–H groups in total. The van der Waals surface area contributed by atoms with Crippen LogP contribution in [0.25, 0.3) is 104 Å². The van der Waals surface area contributed by atoms with Crippen LogP contribution in [0.5, 0.6) is 0 Å². The number of nitrogens with zero attached hydrogens (tertiary/aromatic N) is 5. The Labute approximate surface area is 266 Å². The van der Waals surface area contributed by atoms with Gasteiger partial charge < -0.3 is 0 Å². The average Bonchev–Trinajstić information content (AvgIpc) is 3.84. The van der Waals surface area contributed by atoms with Gasteiger partial charge in [-0.2, -0.15) is 0 Å². The summed E-state index contributed by atoms with van der Waals surface area (Å²) in [4.78, 5) is 10.6. The second-order valence-corrected chi connectivity index (χ2v) is 12.8. The normalized spacial score (nSPS) is 12.7. The fourth-order valence-corrected chi connectivity index (χ4v) is 8.19. The standard InChI is InChI=1S/C42H23N5/c1-3-11-26-20-36-34(18-24(26)9-1)43-41-45(36)38-22-29(33-17-28-13-5-6-14-30(28)31-15-7-8-16-32(31)33)23-39-40(38)47(41)42-44-35-19-25-10-2-4-12-27(25)21-37(35)46(39)42/h1-23H. The van der Waals surface area contributed by atoms with Crippen molar-refractivity contribution in [1.29, 1.82) is 0 Å². The predicted molar refractivity (Wildman–Crippen MR) is 194 cm³/mol. The monoisotopic (exact) mass is 597 g/mol. The van der Waals surface area contributed by atoms with E-state index in [1.807, 2.05) is 0 Å². The van der Waals surface area contributed by atoms with E-state index in [4.69, 9.17) is 9.97 Å². The van der Waals surface area contributed by atoms with E-state index >= 15 is 0 Å². The van der Waals surface area contributed by atoms with E-state index in [9.17, 15) is 0 Å². The molecule has 12 rings (SSSR count). The Kier molecular flexibility index (Phi) is 4.17. The topological polar surface area (TPSA) is 39.0 Å². The maximum Gasteiger partial charge on any atom is 0.223 e. The third-order valence-corrected chi connectivity index (χ3v) is 10.3. The van der Waals surface area contributed by atoms with Crippen LogP contribution in [-0.2, 0) is 0 Å². The van der Waals surface area contributed by atoms with Crippen molar-refractivity contribution >= 4 is 93.3 Å². The molecule has 0 aliphatic rings.